The monoisotopic (exact) mass is 257 g/mol. The van der Waals surface area contributed by atoms with Gasteiger partial charge in [-0.1, -0.05) is 20.4 Å². The molecule has 0 aromatic rings. The second-order valence-electron chi connectivity index (χ2n) is 4.52. The molecule has 5 heteroatoms. The molecule has 0 saturated heterocycles. The molecule has 0 rings (SSSR count). The molecule has 0 aliphatic carbocycles. The molecule has 0 atom stereocenters. The lowest BCUT2D eigenvalue weighted by molar-refractivity contribution is -0.139. The summed E-state index contributed by atoms with van der Waals surface area (Å²) in [6, 6.07) is 0. The molecule has 0 spiro atoms. The molecule has 0 fully saturated rings. The molecule has 104 valence electrons. The minimum Gasteiger partial charge on any atom is -0.459 e. The maximum Gasteiger partial charge on any atom is 0.407 e. The Morgan fingerprint density at radius 1 is 1.22 bits per heavy atom. The Bertz CT molecular complexity index is 287. The van der Waals surface area contributed by atoms with Crippen LogP contribution in [0.3, 0.4) is 0 Å². The Hall–Kier alpha value is -1.52. The molecule has 0 aliphatic rings. The minimum atomic E-state index is -0.481. The van der Waals surface area contributed by atoms with Gasteiger partial charge in [0.2, 0.25) is 0 Å². The molecular weight excluding hydrogens is 234 g/mol. The van der Waals surface area contributed by atoms with Crippen LogP contribution in [0.5, 0.6) is 0 Å². The first-order chi connectivity index (χ1) is 8.43. The molecular formula is C13H23NO4. The van der Waals surface area contributed by atoms with E-state index in [1.807, 2.05) is 0 Å². The summed E-state index contributed by atoms with van der Waals surface area (Å²) in [5.41, 5.74) is 0.327. The average molecular weight is 257 g/mol. The van der Waals surface area contributed by atoms with Gasteiger partial charge in [-0.3, -0.25) is 0 Å². The van der Waals surface area contributed by atoms with E-state index >= 15 is 0 Å². The number of nitrogens with one attached hydrogen (secondary N) is 1. The summed E-state index contributed by atoms with van der Waals surface area (Å²) in [5.74, 6) is 0.153. The van der Waals surface area contributed by atoms with Crippen molar-refractivity contribution >= 4 is 12.1 Å². The summed E-state index contributed by atoms with van der Waals surface area (Å²) in [6.07, 6.45) is 1.51. The zero-order chi connectivity index (χ0) is 14.0. The molecule has 0 saturated carbocycles. The Morgan fingerprint density at radius 2 is 1.83 bits per heavy atom. The first kappa shape index (κ1) is 16.5. The van der Waals surface area contributed by atoms with Crippen LogP contribution in [0.25, 0.3) is 0 Å². The quantitative estimate of drug-likeness (QED) is 0.411. The summed E-state index contributed by atoms with van der Waals surface area (Å²) < 4.78 is 9.59. The molecule has 0 aromatic heterocycles. The maximum absolute atomic E-state index is 11.2. The van der Waals surface area contributed by atoms with E-state index in [4.69, 9.17) is 9.47 Å². The number of rotatable bonds is 8. The highest BCUT2D eigenvalue weighted by molar-refractivity contribution is 5.86. The predicted molar refractivity (Wildman–Crippen MR) is 69.2 cm³/mol. The van der Waals surface area contributed by atoms with Gasteiger partial charge in [-0.25, -0.2) is 9.59 Å². The first-order valence-electron chi connectivity index (χ1n) is 6.16. The van der Waals surface area contributed by atoms with E-state index in [9.17, 15) is 9.59 Å². The third kappa shape index (κ3) is 9.69. The summed E-state index contributed by atoms with van der Waals surface area (Å²) >= 11 is 0. The van der Waals surface area contributed by atoms with Crippen LogP contribution in [0.2, 0.25) is 0 Å². The SMILES string of the molecule is C=C(C)C(=O)OCCOC(=O)NCCCC(C)C. The number of esters is 1. The topological polar surface area (TPSA) is 64.6 Å². The zero-order valence-corrected chi connectivity index (χ0v) is 11.5. The van der Waals surface area contributed by atoms with E-state index in [0.717, 1.165) is 12.8 Å². The fraction of sp³-hybridized carbons (Fsp3) is 0.692. The smallest absolute Gasteiger partial charge is 0.407 e. The fourth-order valence-electron chi connectivity index (χ4n) is 1.14. The molecule has 0 unspecified atom stereocenters. The molecule has 1 amide bonds. The van der Waals surface area contributed by atoms with Crippen LogP contribution in [-0.4, -0.2) is 31.8 Å². The molecule has 5 nitrogen and oxygen atoms in total. The Balaban J connectivity index is 3.43. The lowest BCUT2D eigenvalue weighted by Crippen LogP contribution is -2.27. The normalized spacial score (nSPS) is 10.0. The van der Waals surface area contributed by atoms with Gasteiger partial charge in [0.15, 0.2) is 0 Å². The maximum atomic E-state index is 11.2. The van der Waals surface area contributed by atoms with Gasteiger partial charge in [-0.05, 0) is 25.7 Å². The van der Waals surface area contributed by atoms with Gasteiger partial charge in [0.05, 0.1) is 0 Å². The number of carbonyl (C=O) groups is 2. The van der Waals surface area contributed by atoms with Crippen LogP contribution in [0.15, 0.2) is 12.2 Å². The second-order valence-corrected chi connectivity index (χ2v) is 4.52. The highest BCUT2D eigenvalue weighted by Crippen LogP contribution is 2.01. The van der Waals surface area contributed by atoms with E-state index in [1.54, 1.807) is 6.92 Å². The second kappa shape index (κ2) is 9.50. The molecule has 18 heavy (non-hydrogen) atoms. The van der Waals surface area contributed by atoms with Crippen molar-refractivity contribution in [3.63, 3.8) is 0 Å². The third-order valence-electron chi connectivity index (χ3n) is 2.13. The minimum absolute atomic E-state index is 0.0467. The van der Waals surface area contributed by atoms with Gasteiger partial charge in [-0.2, -0.15) is 0 Å². The third-order valence-corrected chi connectivity index (χ3v) is 2.13. The van der Waals surface area contributed by atoms with E-state index in [1.165, 1.54) is 0 Å². The molecule has 1 N–H and O–H groups in total. The van der Waals surface area contributed by atoms with E-state index in [0.29, 0.717) is 18.0 Å². The Labute approximate surface area is 109 Å². The molecule has 0 bridgehead atoms. The molecule has 0 aliphatic heterocycles. The fourth-order valence-corrected chi connectivity index (χ4v) is 1.14. The van der Waals surface area contributed by atoms with Crippen molar-refractivity contribution in [1.29, 1.82) is 0 Å². The number of ether oxygens (including phenoxy) is 2. The average Bonchev–Trinajstić information content (AvgIpc) is 2.29. The van der Waals surface area contributed by atoms with Crippen LogP contribution in [0, 0.1) is 5.92 Å². The summed E-state index contributed by atoms with van der Waals surface area (Å²) in [6.45, 7) is 9.96. The number of carbonyl (C=O) groups excluding carboxylic acids is 2. The zero-order valence-electron chi connectivity index (χ0n) is 11.5. The largest absolute Gasteiger partial charge is 0.459 e. The van der Waals surface area contributed by atoms with E-state index in [2.05, 4.69) is 25.7 Å². The van der Waals surface area contributed by atoms with E-state index in [-0.39, 0.29) is 13.2 Å². The van der Waals surface area contributed by atoms with Gasteiger partial charge in [0, 0.05) is 12.1 Å². The van der Waals surface area contributed by atoms with Crippen molar-refractivity contribution < 1.29 is 19.1 Å². The van der Waals surface area contributed by atoms with Crippen molar-refractivity contribution in [2.24, 2.45) is 5.92 Å². The van der Waals surface area contributed by atoms with Gasteiger partial charge in [-0.15, -0.1) is 0 Å². The highest BCUT2D eigenvalue weighted by atomic mass is 16.6. The van der Waals surface area contributed by atoms with Crippen LogP contribution >= 0.6 is 0 Å². The summed E-state index contributed by atoms with van der Waals surface area (Å²) in [4.78, 5) is 22.2. The molecule has 0 radical (unpaired) electrons. The van der Waals surface area contributed by atoms with Crippen LogP contribution in [0.4, 0.5) is 4.79 Å². The van der Waals surface area contributed by atoms with Crippen molar-refractivity contribution in [3.8, 4) is 0 Å². The van der Waals surface area contributed by atoms with Crippen LogP contribution in [0.1, 0.15) is 33.6 Å². The number of hydrogen-bond donors (Lipinski definition) is 1. The van der Waals surface area contributed by atoms with Crippen molar-refractivity contribution in [2.45, 2.75) is 33.6 Å². The van der Waals surface area contributed by atoms with E-state index < -0.39 is 12.1 Å². The lowest BCUT2D eigenvalue weighted by atomic mass is 10.1. The van der Waals surface area contributed by atoms with Crippen LogP contribution in [-0.2, 0) is 14.3 Å². The summed E-state index contributed by atoms with van der Waals surface area (Å²) in [7, 11) is 0. The lowest BCUT2D eigenvalue weighted by Gasteiger charge is -2.08. The highest BCUT2D eigenvalue weighted by Gasteiger charge is 2.04. The summed E-state index contributed by atoms with van der Waals surface area (Å²) in [5, 5.41) is 2.63. The van der Waals surface area contributed by atoms with Crippen LogP contribution < -0.4 is 5.32 Å². The Morgan fingerprint density at radius 3 is 2.39 bits per heavy atom. The van der Waals surface area contributed by atoms with Gasteiger partial charge < -0.3 is 14.8 Å². The first-order valence-corrected chi connectivity index (χ1v) is 6.16. The number of amides is 1. The number of alkyl carbamates (subject to hydrolysis) is 1. The van der Waals surface area contributed by atoms with Crippen molar-refractivity contribution in [3.05, 3.63) is 12.2 Å². The number of hydrogen-bond acceptors (Lipinski definition) is 4. The van der Waals surface area contributed by atoms with Crippen molar-refractivity contribution in [2.75, 3.05) is 19.8 Å². The predicted octanol–water partition coefficient (Wildman–Crippen LogP) is 2.27. The van der Waals surface area contributed by atoms with Gasteiger partial charge in [0.25, 0.3) is 0 Å². The van der Waals surface area contributed by atoms with Gasteiger partial charge >= 0.3 is 12.1 Å². The van der Waals surface area contributed by atoms with Gasteiger partial charge in [0.1, 0.15) is 13.2 Å². The van der Waals surface area contributed by atoms with Crippen molar-refractivity contribution in [1.82, 2.24) is 5.32 Å². The standard InChI is InChI=1S/C13H23NO4/c1-10(2)6-5-7-14-13(16)18-9-8-17-12(15)11(3)4/h10H,3,5-9H2,1-2,4H3,(H,14,16). The molecule has 0 aromatic carbocycles. The Kier molecular flexibility index (Phi) is 8.70. The molecule has 0 heterocycles.